The van der Waals surface area contributed by atoms with Gasteiger partial charge in [0.05, 0.1) is 7.11 Å². The summed E-state index contributed by atoms with van der Waals surface area (Å²) in [6.07, 6.45) is 0. The highest BCUT2D eigenvalue weighted by Crippen LogP contribution is 2.31. The van der Waals surface area contributed by atoms with Gasteiger partial charge < -0.3 is 20.5 Å². The standard InChI is InChI=1S/C17H20N2O4/c1-11(9-18)17(21)19-14-7-8-15(23-10-16(20)22-2)13-6-4-3-5-12(13)14/h3-8,11H,9-10,18H2,1-2H3,(H,19,21). The lowest BCUT2D eigenvalue weighted by molar-refractivity contribution is -0.142. The lowest BCUT2D eigenvalue weighted by atomic mass is 10.1. The van der Waals surface area contributed by atoms with Gasteiger partial charge in [0, 0.05) is 28.9 Å². The molecule has 0 saturated carbocycles. The van der Waals surface area contributed by atoms with Gasteiger partial charge in [-0.3, -0.25) is 4.79 Å². The molecule has 1 atom stereocenters. The van der Waals surface area contributed by atoms with E-state index in [0.717, 1.165) is 10.8 Å². The molecule has 1 amide bonds. The number of benzene rings is 2. The minimum atomic E-state index is -0.455. The third-order valence-electron chi connectivity index (χ3n) is 3.52. The molecule has 0 aliphatic carbocycles. The second-order valence-electron chi connectivity index (χ2n) is 5.15. The summed E-state index contributed by atoms with van der Waals surface area (Å²) in [7, 11) is 1.31. The minimum absolute atomic E-state index is 0.138. The number of hydrogen-bond donors (Lipinski definition) is 2. The van der Waals surface area contributed by atoms with Crippen LogP contribution in [0.3, 0.4) is 0 Å². The highest BCUT2D eigenvalue weighted by atomic mass is 16.6. The fourth-order valence-electron chi connectivity index (χ4n) is 2.06. The number of amides is 1. The van der Waals surface area contributed by atoms with Crippen molar-refractivity contribution in [3.8, 4) is 5.75 Å². The Morgan fingerprint density at radius 3 is 2.52 bits per heavy atom. The molecule has 6 nitrogen and oxygen atoms in total. The second-order valence-corrected chi connectivity index (χ2v) is 5.15. The fourth-order valence-corrected chi connectivity index (χ4v) is 2.06. The third kappa shape index (κ3) is 3.98. The smallest absolute Gasteiger partial charge is 0.343 e. The zero-order valence-corrected chi connectivity index (χ0v) is 13.2. The molecule has 0 heterocycles. The zero-order valence-electron chi connectivity index (χ0n) is 13.2. The number of fused-ring (bicyclic) bond motifs is 1. The van der Waals surface area contributed by atoms with Crippen LogP contribution in [-0.4, -0.2) is 32.1 Å². The van der Waals surface area contributed by atoms with Gasteiger partial charge in [-0.2, -0.15) is 0 Å². The van der Waals surface area contributed by atoms with E-state index < -0.39 is 5.97 Å². The van der Waals surface area contributed by atoms with E-state index in [-0.39, 0.29) is 25.0 Å². The van der Waals surface area contributed by atoms with Crippen molar-refractivity contribution in [1.82, 2.24) is 0 Å². The van der Waals surface area contributed by atoms with Crippen molar-refractivity contribution < 1.29 is 19.1 Å². The maximum atomic E-state index is 12.0. The number of nitrogens with two attached hydrogens (primary N) is 1. The molecule has 2 aromatic carbocycles. The number of carbonyl (C=O) groups is 2. The van der Waals surface area contributed by atoms with E-state index in [1.54, 1.807) is 19.1 Å². The van der Waals surface area contributed by atoms with E-state index >= 15 is 0 Å². The molecule has 1 unspecified atom stereocenters. The first-order chi connectivity index (χ1) is 11.1. The molecule has 23 heavy (non-hydrogen) atoms. The Morgan fingerprint density at radius 2 is 1.87 bits per heavy atom. The van der Waals surface area contributed by atoms with Gasteiger partial charge in [-0.25, -0.2) is 4.79 Å². The number of ether oxygens (including phenoxy) is 2. The van der Waals surface area contributed by atoms with Crippen LogP contribution in [0.5, 0.6) is 5.75 Å². The van der Waals surface area contributed by atoms with Crippen LogP contribution >= 0.6 is 0 Å². The third-order valence-corrected chi connectivity index (χ3v) is 3.52. The Kier molecular flexibility index (Phi) is 5.54. The van der Waals surface area contributed by atoms with Gasteiger partial charge in [0.15, 0.2) is 6.61 Å². The molecule has 0 aromatic heterocycles. The van der Waals surface area contributed by atoms with Crippen molar-refractivity contribution in [3.63, 3.8) is 0 Å². The minimum Gasteiger partial charge on any atom is -0.481 e. The number of nitrogens with one attached hydrogen (secondary N) is 1. The number of rotatable bonds is 6. The Bertz CT molecular complexity index is 715. The molecule has 0 aliphatic heterocycles. The molecule has 122 valence electrons. The van der Waals surface area contributed by atoms with Crippen LogP contribution in [0, 0.1) is 5.92 Å². The SMILES string of the molecule is COC(=O)COc1ccc(NC(=O)C(C)CN)c2ccccc12. The van der Waals surface area contributed by atoms with Crippen molar-refractivity contribution in [1.29, 1.82) is 0 Å². The van der Waals surface area contributed by atoms with Gasteiger partial charge >= 0.3 is 5.97 Å². The molecule has 0 saturated heterocycles. The van der Waals surface area contributed by atoms with E-state index in [0.29, 0.717) is 11.4 Å². The molecule has 2 rings (SSSR count). The Labute approximate surface area is 134 Å². The molecule has 0 bridgehead atoms. The molecule has 0 fully saturated rings. The molecular formula is C17H20N2O4. The molecule has 0 spiro atoms. The van der Waals surface area contributed by atoms with Gasteiger partial charge in [-0.15, -0.1) is 0 Å². The average Bonchev–Trinajstić information content (AvgIpc) is 2.59. The van der Waals surface area contributed by atoms with Crippen LogP contribution in [0.1, 0.15) is 6.92 Å². The van der Waals surface area contributed by atoms with Gasteiger partial charge in [-0.1, -0.05) is 31.2 Å². The van der Waals surface area contributed by atoms with Gasteiger partial charge in [0.2, 0.25) is 5.91 Å². The second kappa shape index (κ2) is 7.60. The van der Waals surface area contributed by atoms with E-state index in [2.05, 4.69) is 10.1 Å². The van der Waals surface area contributed by atoms with Crippen LogP contribution in [0.2, 0.25) is 0 Å². The lowest BCUT2D eigenvalue weighted by Gasteiger charge is -2.14. The summed E-state index contributed by atoms with van der Waals surface area (Å²) < 4.78 is 10.1. The number of hydrogen-bond acceptors (Lipinski definition) is 5. The van der Waals surface area contributed by atoms with Gasteiger partial charge in [0.25, 0.3) is 0 Å². The Balaban J connectivity index is 2.31. The highest BCUT2D eigenvalue weighted by Gasteiger charge is 2.14. The fraction of sp³-hybridized carbons (Fsp3) is 0.294. The number of anilines is 1. The quantitative estimate of drug-likeness (QED) is 0.795. The maximum absolute atomic E-state index is 12.0. The van der Waals surface area contributed by atoms with E-state index in [1.165, 1.54) is 7.11 Å². The predicted octanol–water partition coefficient (Wildman–Crippen LogP) is 1.92. The van der Waals surface area contributed by atoms with E-state index in [4.69, 9.17) is 10.5 Å². The molecule has 2 aromatic rings. The lowest BCUT2D eigenvalue weighted by Crippen LogP contribution is -2.26. The first kappa shape index (κ1) is 16.8. The normalized spacial score (nSPS) is 11.8. The number of methoxy groups -OCH3 is 1. The summed E-state index contributed by atoms with van der Waals surface area (Å²) in [6, 6.07) is 10.9. The highest BCUT2D eigenvalue weighted by molar-refractivity contribution is 6.04. The van der Waals surface area contributed by atoms with Crippen LogP contribution < -0.4 is 15.8 Å². The van der Waals surface area contributed by atoms with Crippen molar-refractivity contribution >= 4 is 28.3 Å². The van der Waals surface area contributed by atoms with Crippen LogP contribution in [-0.2, 0) is 14.3 Å². The van der Waals surface area contributed by atoms with E-state index in [9.17, 15) is 9.59 Å². The van der Waals surface area contributed by atoms with Crippen LogP contribution in [0.4, 0.5) is 5.69 Å². The average molecular weight is 316 g/mol. The summed E-state index contributed by atoms with van der Waals surface area (Å²) in [6.45, 7) is 1.88. The molecular weight excluding hydrogens is 296 g/mol. The molecule has 3 N–H and O–H groups in total. The topological polar surface area (TPSA) is 90.6 Å². The van der Waals surface area contributed by atoms with Crippen molar-refractivity contribution in [2.24, 2.45) is 11.7 Å². The molecule has 0 aliphatic rings. The predicted molar refractivity (Wildman–Crippen MR) is 88.3 cm³/mol. The summed E-state index contributed by atoms with van der Waals surface area (Å²) in [4.78, 5) is 23.3. The van der Waals surface area contributed by atoms with Crippen LogP contribution in [0.25, 0.3) is 10.8 Å². The van der Waals surface area contributed by atoms with E-state index in [1.807, 2.05) is 24.3 Å². The summed E-state index contributed by atoms with van der Waals surface area (Å²) in [5, 5.41) is 4.50. The molecule has 6 heteroatoms. The Morgan fingerprint density at radius 1 is 1.17 bits per heavy atom. The van der Waals surface area contributed by atoms with Gasteiger partial charge in [-0.05, 0) is 12.1 Å². The van der Waals surface area contributed by atoms with Crippen molar-refractivity contribution in [2.75, 3.05) is 25.6 Å². The monoisotopic (exact) mass is 316 g/mol. The van der Waals surface area contributed by atoms with Crippen molar-refractivity contribution in [2.45, 2.75) is 6.92 Å². The summed E-state index contributed by atoms with van der Waals surface area (Å²) in [5.41, 5.74) is 6.20. The number of carbonyl (C=O) groups excluding carboxylic acids is 2. The largest absolute Gasteiger partial charge is 0.481 e. The number of esters is 1. The Hall–Kier alpha value is -2.60. The maximum Gasteiger partial charge on any atom is 0.343 e. The van der Waals surface area contributed by atoms with Gasteiger partial charge in [0.1, 0.15) is 5.75 Å². The van der Waals surface area contributed by atoms with Crippen molar-refractivity contribution in [3.05, 3.63) is 36.4 Å². The van der Waals surface area contributed by atoms with Crippen LogP contribution in [0.15, 0.2) is 36.4 Å². The zero-order chi connectivity index (χ0) is 16.8. The summed E-state index contributed by atoms with van der Waals surface area (Å²) >= 11 is 0. The first-order valence-electron chi connectivity index (χ1n) is 7.29. The molecule has 0 radical (unpaired) electrons. The summed E-state index contributed by atoms with van der Waals surface area (Å²) in [5.74, 6) is -0.316. The first-order valence-corrected chi connectivity index (χ1v) is 7.29.